The van der Waals surface area contributed by atoms with Crippen molar-refractivity contribution in [1.29, 1.82) is 0 Å². The molecule has 3 heterocycles. The van der Waals surface area contributed by atoms with E-state index in [1.54, 1.807) is 0 Å². The third kappa shape index (κ3) is 2.93. The fourth-order valence-corrected chi connectivity index (χ4v) is 4.86. The number of rotatable bonds is 4. The Morgan fingerprint density at radius 3 is 2.75 bits per heavy atom. The van der Waals surface area contributed by atoms with Gasteiger partial charge >= 0.3 is 0 Å². The Labute approximate surface area is 126 Å². The lowest BCUT2D eigenvalue weighted by atomic mass is 10.1. The summed E-state index contributed by atoms with van der Waals surface area (Å²) in [4.78, 5) is 6.82. The largest absolute Gasteiger partial charge is 0.329 e. The van der Waals surface area contributed by atoms with Gasteiger partial charge in [-0.2, -0.15) is 0 Å². The van der Waals surface area contributed by atoms with E-state index in [0.717, 1.165) is 12.6 Å². The zero-order valence-corrected chi connectivity index (χ0v) is 13.4. The van der Waals surface area contributed by atoms with Gasteiger partial charge in [0.15, 0.2) is 0 Å². The first-order chi connectivity index (χ1) is 9.79. The summed E-state index contributed by atoms with van der Waals surface area (Å²) >= 11 is 1.87. The minimum absolute atomic E-state index is 0.435. The molecule has 4 heteroatoms. The van der Waals surface area contributed by atoms with Crippen LogP contribution in [0.15, 0.2) is 11.4 Å². The van der Waals surface area contributed by atoms with Gasteiger partial charge in [-0.15, -0.1) is 11.3 Å². The molecule has 2 fully saturated rings. The van der Waals surface area contributed by atoms with E-state index in [1.165, 1.54) is 62.3 Å². The van der Waals surface area contributed by atoms with Gasteiger partial charge < -0.3 is 5.73 Å². The van der Waals surface area contributed by atoms with Gasteiger partial charge in [0.05, 0.1) is 6.04 Å². The minimum Gasteiger partial charge on any atom is -0.329 e. The molecule has 2 aliphatic rings. The highest BCUT2D eigenvalue weighted by molar-refractivity contribution is 7.10. The summed E-state index contributed by atoms with van der Waals surface area (Å²) in [5, 5.41) is 2.20. The van der Waals surface area contributed by atoms with Crippen molar-refractivity contribution in [1.82, 2.24) is 9.80 Å². The van der Waals surface area contributed by atoms with Crippen molar-refractivity contribution in [3.05, 3.63) is 21.9 Å². The number of aryl methyl sites for hydroxylation is 1. The molecule has 2 N–H and O–H groups in total. The fourth-order valence-electron chi connectivity index (χ4n) is 3.78. The highest BCUT2D eigenvalue weighted by atomic mass is 32.1. The first-order valence-corrected chi connectivity index (χ1v) is 8.89. The maximum Gasteiger partial charge on any atom is 0.0567 e. The Balaban J connectivity index is 1.64. The first kappa shape index (κ1) is 14.5. The second-order valence-corrected chi connectivity index (χ2v) is 7.20. The average Bonchev–Trinajstić information content (AvgIpc) is 3.12. The Kier molecular flexibility index (Phi) is 4.76. The van der Waals surface area contributed by atoms with Gasteiger partial charge in [-0.1, -0.05) is 6.42 Å². The maximum absolute atomic E-state index is 6.09. The van der Waals surface area contributed by atoms with Crippen molar-refractivity contribution in [3.63, 3.8) is 0 Å². The van der Waals surface area contributed by atoms with Crippen LogP contribution in [0.1, 0.15) is 42.2 Å². The molecule has 1 aromatic heterocycles. The van der Waals surface area contributed by atoms with Crippen LogP contribution in [0.4, 0.5) is 0 Å². The summed E-state index contributed by atoms with van der Waals surface area (Å²) in [5.74, 6) is 0. The molecule has 2 saturated heterocycles. The minimum atomic E-state index is 0.435. The second-order valence-electron chi connectivity index (χ2n) is 6.25. The first-order valence-electron chi connectivity index (χ1n) is 8.01. The van der Waals surface area contributed by atoms with Gasteiger partial charge in [-0.05, 0) is 56.3 Å². The lowest BCUT2D eigenvalue weighted by Crippen LogP contribution is -2.41. The van der Waals surface area contributed by atoms with E-state index in [1.807, 2.05) is 11.3 Å². The molecular formula is C16H27N3S. The van der Waals surface area contributed by atoms with Crippen LogP contribution in [-0.4, -0.2) is 48.6 Å². The van der Waals surface area contributed by atoms with Crippen molar-refractivity contribution in [2.45, 2.75) is 44.7 Å². The van der Waals surface area contributed by atoms with Gasteiger partial charge in [-0.25, -0.2) is 0 Å². The molecule has 0 aromatic carbocycles. The summed E-state index contributed by atoms with van der Waals surface area (Å²) in [6, 6.07) is 3.43. The number of piperidine rings is 1. The molecule has 2 aliphatic heterocycles. The second kappa shape index (κ2) is 6.56. The Hall–Kier alpha value is -0.420. The van der Waals surface area contributed by atoms with Gasteiger partial charge in [-0.3, -0.25) is 9.80 Å². The van der Waals surface area contributed by atoms with Crippen molar-refractivity contribution in [3.8, 4) is 0 Å². The van der Waals surface area contributed by atoms with Crippen LogP contribution >= 0.6 is 11.3 Å². The highest BCUT2D eigenvalue weighted by Crippen LogP contribution is 2.32. The summed E-state index contributed by atoms with van der Waals surface area (Å²) in [5.41, 5.74) is 7.50. The Morgan fingerprint density at radius 2 is 2.10 bits per heavy atom. The third-order valence-electron chi connectivity index (χ3n) is 4.97. The predicted molar refractivity (Wildman–Crippen MR) is 86.3 cm³/mol. The van der Waals surface area contributed by atoms with Gasteiger partial charge in [0.2, 0.25) is 0 Å². The molecule has 0 bridgehead atoms. The molecule has 2 atom stereocenters. The van der Waals surface area contributed by atoms with E-state index < -0.39 is 0 Å². The van der Waals surface area contributed by atoms with Gasteiger partial charge in [0, 0.05) is 30.6 Å². The molecule has 0 saturated carbocycles. The van der Waals surface area contributed by atoms with E-state index in [4.69, 9.17) is 5.73 Å². The summed E-state index contributed by atoms with van der Waals surface area (Å²) in [6.07, 6.45) is 5.52. The van der Waals surface area contributed by atoms with E-state index in [0.29, 0.717) is 6.04 Å². The molecule has 1 aromatic rings. The van der Waals surface area contributed by atoms with E-state index in [-0.39, 0.29) is 0 Å². The molecule has 20 heavy (non-hydrogen) atoms. The number of nitrogens with zero attached hydrogens (tertiary/aromatic N) is 2. The smallest absolute Gasteiger partial charge is 0.0567 e. The molecule has 0 spiro atoms. The predicted octanol–water partition coefficient (Wildman–Crippen LogP) is 2.62. The number of hydrogen-bond donors (Lipinski definition) is 1. The lowest BCUT2D eigenvalue weighted by Gasteiger charge is -2.33. The molecule has 0 amide bonds. The normalized spacial score (nSPS) is 27.0. The SMILES string of the molecule is Cc1ccsc1C(CN)N1CCC(N2CCCCC2)C1. The van der Waals surface area contributed by atoms with Crippen LogP contribution in [-0.2, 0) is 0 Å². The fraction of sp³-hybridized carbons (Fsp3) is 0.750. The zero-order valence-electron chi connectivity index (χ0n) is 12.6. The van der Waals surface area contributed by atoms with Crippen molar-refractivity contribution in [2.24, 2.45) is 5.73 Å². The molecule has 112 valence electrons. The summed E-state index contributed by atoms with van der Waals surface area (Å²) in [7, 11) is 0. The topological polar surface area (TPSA) is 32.5 Å². The molecule has 3 rings (SSSR count). The van der Waals surface area contributed by atoms with Crippen LogP contribution in [0, 0.1) is 6.92 Å². The number of thiophene rings is 1. The van der Waals surface area contributed by atoms with Gasteiger partial charge in [0.25, 0.3) is 0 Å². The van der Waals surface area contributed by atoms with E-state index >= 15 is 0 Å². The monoisotopic (exact) mass is 293 g/mol. The van der Waals surface area contributed by atoms with Crippen LogP contribution in [0.2, 0.25) is 0 Å². The molecule has 2 unspecified atom stereocenters. The van der Waals surface area contributed by atoms with Crippen molar-refractivity contribution in [2.75, 3.05) is 32.7 Å². The van der Waals surface area contributed by atoms with Gasteiger partial charge in [0.1, 0.15) is 0 Å². The van der Waals surface area contributed by atoms with E-state index in [9.17, 15) is 0 Å². The van der Waals surface area contributed by atoms with Crippen LogP contribution < -0.4 is 5.73 Å². The molecular weight excluding hydrogens is 266 g/mol. The number of hydrogen-bond acceptors (Lipinski definition) is 4. The van der Waals surface area contributed by atoms with Crippen molar-refractivity contribution < 1.29 is 0 Å². The molecule has 3 nitrogen and oxygen atoms in total. The number of nitrogens with two attached hydrogens (primary N) is 1. The standard InChI is InChI=1S/C16H27N3S/c1-13-6-10-20-16(13)15(11-17)19-9-5-14(12-19)18-7-3-2-4-8-18/h6,10,14-15H,2-5,7-9,11-12,17H2,1H3. The zero-order chi connectivity index (χ0) is 13.9. The average molecular weight is 293 g/mol. The molecule has 0 radical (unpaired) electrons. The summed E-state index contributed by atoms with van der Waals surface area (Å²) < 4.78 is 0. The quantitative estimate of drug-likeness (QED) is 0.926. The Morgan fingerprint density at radius 1 is 1.30 bits per heavy atom. The highest BCUT2D eigenvalue weighted by Gasteiger charge is 2.33. The Bertz CT molecular complexity index is 425. The summed E-state index contributed by atoms with van der Waals surface area (Å²) in [6.45, 7) is 7.99. The lowest BCUT2D eigenvalue weighted by molar-refractivity contribution is 0.153. The molecule has 0 aliphatic carbocycles. The third-order valence-corrected chi connectivity index (χ3v) is 6.09. The van der Waals surface area contributed by atoms with Crippen LogP contribution in [0.5, 0.6) is 0 Å². The maximum atomic E-state index is 6.09. The van der Waals surface area contributed by atoms with E-state index in [2.05, 4.69) is 28.2 Å². The van der Waals surface area contributed by atoms with Crippen molar-refractivity contribution >= 4 is 11.3 Å². The van der Waals surface area contributed by atoms with Crippen LogP contribution in [0.3, 0.4) is 0 Å². The number of likely N-dealkylation sites (tertiary alicyclic amines) is 2. The van der Waals surface area contributed by atoms with Crippen LogP contribution in [0.25, 0.3) is 0 Å².